The average molecular weight is 248 g/mol. The fourth-order valence-corrected chi connectivity index (χ4v) is 3.64. The molecular formula is C14H24N4. The highest BCUT2D eigenvalue weighted by atomic mass is 15.3. The van der Waals surface area contributed by atoms with Crippen molar-refractivity contribution >= 4 is 0 Å². The van der Waals surface area contributed by atoms with Crippen LogP contribution in [-0.2, 0) is 0 Å². The molecule has 2 aliphatic carbocycles. The monoisotopic (exact) mass is 248 g/mol. The van der Waals surface area contributed by atoms with E-state index >= 15 is 0 Å². The van der Waals surface area contributed by atoms with E-state index in [1.807, 2.05) is 6.33 Å². The van der Waals surface area contributed by atoms with E-state index in [-0.39, 0.29) is 6.04 Å². The Labute approximate surface area is 109 Å². The summed E-state index contributed by atoms with van der Waals surface area (Å²) in [5.74, 6) is 1.59. The maximum Gasteiger partial charge on any atom is 0.137 e. The lowest BCUT2D eigenvalue weighted by atomic mass is 9.84. The lowest BCUT2D eigenvalue weighted by molar-refractivity contribution is 0.314. The standard InChI is InChI=1S/C14H24N4/c15-13-9-5-4-8-12(13)14-17-16-10-18(14)11-6-2-1-3-7-11/h10-13H,1-9,15H2. The first-order valence-electron chi connectivity index (χ1n) is 7.51. The van der Waals surface area contributed by atoms with Crippen molar-refractivity contribution in [2.45, 2.75) is 75.8 Å². The summed E-state index contributed by atoms with van der Waals surface area (Å²) >= 11 is 0. The van der Waals surface area contributed by atoms with Gasteiger partial charge in [0.05, 0.1) is 0 Å². The molecule has 0 radical (unpaired) electrons. The van der Waals surface area contributed by atoms with Crippen molar-refractivity contribution in [2.75, 3.05) is 0 Å². The molecule has 100 valence electrons. The van der Waals surface area contributed by atoms with Gasteiger partial charge in [-0.1, -0.05) is 32.1 Å². The molecule has 3 rings (SSSR count). The van der Waals surface area contributed by atoms with Gasteiger partial charge >= 0.3 is 0 Å². The van der Waals surface area contributed by atoms with Crippen LogP contribution in [-0.4, -0.2) is 20.8 Å². The lowest BCUT2D eigenvalue weighted by Gasteiger charge is -2.31. The van der Waals surface area contributed by atoms with Crippen LogP contribution in [0.3, 0.4) is 0 Å². The minimum absolute atomic E-state index is 0.283. The van der Waals surface area contributed by atoms with Gasteiger partial charge in [0.1, 0.15) is 12.2 Å². The second-order valence-electron chi connectivity index (χ2n) is 5.94. The molecule has 0 spiro atoms. The van der Waals surface area contributed by atoms with Crippen molar-refractivity contribution in [1.29, 1.82) is 0 Å². The molecule has 0 aromatic carbocycles. The van der Waals surface area contributed by atoms with Gasteiger partial charge in [0.25, 0.3) is 0 Å². The number of rotatable bonds is 2. The number of nitrogens with two attached hydrogens (primary N) is 1. The van der Waals surface area contributed by atoms with Gasteiger partial charge in [0.15, 0.2) is 0 Å². The van der Waals surface area contributed by atoms with E-state index in [1.165, 1.54) is 51.4 Å². The maximum absolute atomic E-state index is 6.29. The number of nitrogens with zero attached hydrogens (tertiary/aromatic N) is 3. The first kappa shape index (κ1) is 12.2. The Morgan fingerprint density at radius 3 is 2.50 bits per heavy atom. The summed E-state index contributed by atoms with van der Waals surface area (Å²) in [5, 5.41) is 8.56. The van der Waals surface area contributed by atoms with Gasteiger partial charge in [-0.2, -0.15) is 0 Å². The van der Waals surface area contributed by atoms with Crippen LogP contribution >= 0.6 is 0 Å². The molecule has 0 saturated heterocycles. The molecule has 1 aromatic rings. The Balaban J connectivity index is 1.81. The molecule has 2 unspecified atom stereocenters. The Morgan fingerprint density at radius 1 is 1.00 bits per heavy atom. The van der Waals surface area contributed by atoms with Crippen LogP contribution in [0.25, 0.3) is 0 Å². The molecule has 0 aliphatic heterocycles. The zero-order valence-electron chi connectivity index (χ0n) is 11.1. The lowest BCUT2D eigenvalue weighted by Crippen LogP contribution is -2.33. The van der Waals surface area contributed by atoms with Gasteiger partial charge in [-0.3, -0.25) is 0 Å². The molecule has 2 fully saturated rings. The third-order valence-corrected chi connectivity index (χ3v) is 4.72. The molecule has 0 amide bonds. The summed E-state index contributed by atoms with van der Waals surface area (Å²) in [6.07, 6.45) is 13.5. The summed E-state index contributed by atoms with van der Waals surface area (Å²) in [4.78, 5) is 0. The number of aromatic nitrogens is 3. The molecule has 1 heterocycles. The fraction of sp³-hybridized carbons (Fsp3) is 0.857. The molecule has 2 N–H and O–H groups in total. The highest BCUT2D eigenvalue weighted by Gasteiger charge is 2.29. The van der Waals surface area contributed by atoms with Gasteiger partial charge in [0.2, 0.25) is 0 Å². The minimum Gasteiger partial charge on any atom is -0.327 e. The fourth-order valence-electron chi connectivity index (χ4n) is 3.64. The molecule has 4 nitrogen and oxygen atoms in total. The summed E-state index contributed by atoms with van der Waals surface area (Å²) < 4.78 is 2.34. The van der Waals surface area contributed by atoms with Crippen molar-refractivity contribution < 1.29 is 0 Å². The summed E-state index contributed by atoms with van der Waals surface area (Å²) in [6.45, 7) is 0. The third-order valence-electron chi connectivity index (χ3n) is 4.72. The van der Waals surface area contributed by atoms with E-state index < -0.39 is 0 Å². The average Bonchev–Trinajstić information content (AvgIpc) is 2.89. The van der Waals surface area contributed by atoms with Gasteiger partial charge < -0.3 is 10.3 Å². The van der Waals surface area contributed by atoms with E-state index in [0.29, 0.717) is 12.0 Å². The third kappa shape index (κ3) is 2.30. The van der Waals surface area contributed by atoms with Crippen molar-refractivity contribution in [3.05, 3.63) is 12.2 Å². The second kappa shape index (κ2) is 5.39. The van der Waals surface area contributed by atoms with Gasteiger partial charge in [-0.25, -0.2) is 0 Å². The smallest absolute Gasteiger partial charge is 0.137 e. The summed E-state index contributed by atoms with van der Waals surface area (Å²) in [7, 11) is 0. The van der Waals surface area contributed by atoms with Gasteiger partial charge in [-0.15, -0.1) is 10.2 Å². The van der Waals surface area contributed by atoms with Crippen molar-refractivity contribution in [3.63, 3.8) is 0 Å². The van der Waals surface area contributed by atoms with Gasteiger partial charge in [-0.05, 0) is 25.7 Å². The predicted octanol–water partition coefficient (Wildman–Crippen LogP) is 2.77. The van der Waals surface area contributed by atoms with E-state index in [2.05, 4.69) is 14.8 Å². The Morgan fingerprint density at radius 2 is 1.72 bits per heavy atom. The summed E-state index contributed by atoms with van der Waals surface area (Å²) in [5.41, 5.74) is 6.29. The molecule has 2 aliphatic rings. The molecule has 1 aromatic heterocycles. The van der Waals surface area contributed by atoms with Crippen LogP contribution in [0.4, 0.5) is 0 Å². The molecule has 4 heteroatoms. The number of hydrogen-bond acceptors (Lipinski definition) is 3. The molecule has 2 atom stereocenters. The molecule has 18 heavy (non-hydrogen) atoms. The topological polar surface area (TPSA) is 56.7 Å². The second-order valence-corrected chi connectivity index (χ2v) is 5.94. The SMILES string of the molecule is NC1CCCCC1c1nncn1C1CCCCC1. The van der Waals surface area contributed by atoms with Crippen LogP contribution in [0.5, 0.6) is 0 Å². The first-order chi connectivity index (χ1) is 8.86. The van der Waals surface area contributed by atoms with E-state index in [1.54, 1.807) is 0 Å². The van der Waals surface area contributed by atoms with Crippen molar-refractivity contribution in [2.24, 2.45) is 5.73 Å². The van der Waals surface area contributed by atoms with Crippen LogP contribution in [0.2, 0.25) is 0 Å². The molecule has 0 bridgehead atoms. The predicted molar refractivity (Wildman–Crippen MR) is 71.3 cm³/mol. The van der Waals surface area contributed by atoms with Crippen molar-refractivity contribution in [1.82, 2.24) is 14.8 Å². The zero-order chi connectivity index (χ0) is 12.4. The highest BCUT2D eigenvalue weighted by Crippen LogP contribution is 2.35. The minimum atomic E-state index is 0.283. The highest BCUT2D eigenvalue weighted by molar-refractivity contribution is 5.04. The van der Waals surface area contributed by atoms with Crippen LogP contribution in [0, 0.1) is 0 Å². The Bertz CT molecular complexity index is 381. The molecule has 2 saturated carbocycles. The largest absolute Gasteiger partial charge is 0.327 e. The van der Waals surface area contributed by atoms with E-state index in [9.17, 15) is 0 Å². The Kier molecular flexibility index (Phi) is 3.64. The quantitative estimate of drug-likeness (QED) is 0.875. The van der Waals surface area contributed by atoms with Crippen molar-refractivity contribution in [3.8, 4) is 0 Å². The molecular weight excluding hydrogens is 224 g/mol. The van der Waals surface area contributed by atoms with Gasteiger partial charge in [0, 0.05) is 18.0 Å². The maximum atomic E-state index is 6.29. The zero-order valence-corrected chi connectivity index (χ0v) is 11.1. The van der Waals surface area contributed by atoms with Crippen LogP contribution < -0.4 is 5.73 Å². The van der Waals surface area contributed by atoms with E-state index in [4.69, 9.17) is 5.73 Å². The summed E-state index contributed by atoms with van der Waals surface area (Å²) in [6, 6.07) is 0.906. The Hall–Kier alpha value is -0.900. The first-order valence-corrected chi connectivity index (χ1v) is 7.51. The van der Waals surface area contributed by atoms with Crippen LogP contribution in [0.15, 0.2) is 6.33 Å². The van der Waals surface area contributed by atoms with Crippen LogP contribution in [0.1, 0.15) is 75.6 Å². The number of hydrogen-bond donors (Lipinski definition) is 1. The van der Waals surface area contributed by atoms with E-state index in [0.717, 1.165) is 12.2 Å². The normalized spacial score (nSPS) is 30.5.